The molecular weight excluding hydrogens is 275 g/mol. The second kappa shape index (κ2) is 5.83. The van der Waals surface area contributed by atoms with E-state index in [2.05, 4.69) is 4.98 Å². The number of rotatable bonds is 4. The van der Waals surface area contributed by atoms with Gasteiger partial charge in [0.1, 0.15) is 24.6 Å². The van der Waals surface area contributed by atoms with E-state index < -0.39 is 48.8 Å². The summed E-state index contributed by atoms with van der Waals surface area (Å²) in [4.78, 5) is 15.0. The number of carbonyl (C=O) groups excluding carboxylic acids is 1. The van der Waals surface area contributed by atoms with Crippen LogP contribution in [0.4, 0.5) is 4.39 Å². The molecule has 8 nitrogen and oxygen atoms in total. The van der Waals surface area contributed by atoms with Gasteiger partial charge in [0.15, 0.2) is 11.9 Å². The summed E-state index contributed by atoms with van der Waals surface area (Å²) in [5, 5.41) is 28.5. The molecule has 9 heteroatoms. The van der Waals surface area contributed by atoms with E-state index in [9.17, 15) is 19.4 Å². The predicted molar refractivity (Wildman–Crippen MR) is 61.2 cm³/mol. The van der Waals surface area contributed by atoms with Crippen LogP contribution in [0.5, 0.6) is 0 Å². The Balaban J connectivity index is 2.32. The summed E-state index contributed by atoms with van der Waals surface area (Å²) in [6.07, 6.45) is -4.10. The van der Waals surface area contributed by atoms with E-state index in [0.717, 1.165) is 10.9 Å². The van der Waals surface area contributed by atoms with E-state index >= 15 is 0 Å². The number of hydrogen-bond acceptors (Lipinski definition) is 7. The number of ether oxygens (including phenoxy) is 2. The summed E-state index contributed by atoms with van der Waals surface area (Å²) in [6, 6.07) is 0. The van der Waals surface area contributed by atoms with Crippen LogP contribution in [0.15, 0.2) is 6.33 Å². The summed E-state index contributed by atoms with van der Waals surface area (Å²) in [6.45, 7) is 1.07. The highest BCUT2D eigenvalue weighted by molar-refractivity contribution is 5.87. The Morgan fingerprint density at radius 3 is 2.80 bits per heavy atom. The van der Waals surface area contributed by atoms with Crippen LogP contribution in [0, 0.1) is 5.95 Å². The topological polar surface area (TPSA) is 114 Å². The average molecular weight is 290 g/mol. The summed E-state index contributed by atoms with van der Waals surface area (Å²) in [7, 11) is 0. The van der Waals surface area contributed by atoms with Crippen molar-refractivity contribution < 1.29 is 34.0 Å². The molecule has 2 rings (SSSR count). The molecule has 1 fully saturated rings. The van der Waals surface area contributed by atoms with Crippen molar-refractivity contribution in [3.63, 3.8) is 0 Å². The Morgan fingerprint density at radius 2 is 2.25 bits per heavy atom. The molecule has 1 aromatic rings. The van der Waals surface area contributed by atoms with Crippen LogP contribution < -0.4 is 0 Å². The van der Waals surface area contributed by atoms with Gasteiger partial charge in [0.25, 0.3) is 0 Å². The summed E-state index contributed by atoms with van der Waals surface area (Å²) >= 11 is 0. The molecular formula is C11H15FN2O6. The number of hydrogen-bond donors (Lipinski definition) is 3. The van der Waals surface area contributed by atoms with Gasteiger partial charge >= 0.3 is 5.97 Å². The molecule has 0 amide bonds. The third kappa shape index (κ3) is 2.40. The molecule has 4 unspecified atom stereocenters. The van der Waals surface area contributed by atoms with Crippen molar-refractivity contribution >= 4 is 5.97 Å². The van der Waals surface area contributed by atoms with Gasteiger partial charge in [-0.25, -0.2) is 9.78 Å². The first-order valence-electron chi connectivity index (χ1n) is 6.03. The van der Waals surface area contributed by atoms with Gasteiger partial charge in [0.05, 0.1) is 13.2 Å². The second-order valence-electron chi connectivity index (χ2n) is 4.24. The number of esters is 1. The molecule has 1 aromatic heterocycles. The zero-order chi connectivity index (χ0) is 14.9. The van der Waals surface area contributed by atoms with Gasteiger partial charge in [-0.15, -0.1) is 0 Å². The lowest BCUT2D eigenvalue weighted by atomic mass is 10.1. The quantitative estimate of drug-likeness (QED) is 0.597. The molecule has 4 atom stereocenters. The number of aliphatic hydroxyl groups is 3. The van der Waals surface area contributed by atoms with Crippen molar-refractivity contribution in [3.05, 3.63) is 18.0 Å². The fourth-order valence-corrected chi connectivity index (χ4v) is 2.03. The van der Waals surface area contributed by atoms with Gasteiger partial charge in [-0.05, 0) is 6.92 Å². The summed E-state index contributed by atoms with van der Waals surface area (Å²) < 4.78 is 24.4. The maximum atomic E-state index is 13.6. The second-order valence-corrected chi connectivity index (χ2v) is 4.24. The molecule has 2 heterocycles. The van der Waals surface area contributed by atoms with Crippen molar-refractivity contribution in [1.29, 1.82) is 0 Å². The molecule has 0 bridgehead atoms. The maximum Gasteiger partial charge on any atom is 0.359 e. The van der Waals surface area contributed by atoms with E-state index in [0.29, 0.717) is 0 Å². The average Bonchev–Trinajstić information content (AvgIpc) is 2.92. The largest absolute Gasteiger partial charge is 0.461 e. The molecule has 1 aliphatic rings. The number of aromatic nitrogens is 2. The van der Waals surface area contributed by atoms with E-state index in [1.165, 1.54) is 0 Å². The number of aliphatic hydroxyl groups excluding tert-OH is 3. The Hall–Kier alpha value is -1.55. The van der Waals surface area contributed by atoms with Crippen molar-refractivity contribution in [2.24, 2.45) is 0 Å². The first-order chi connectivity index (χ1) is 9.51. The minimum atomic E-state index is -1.44. The highest BCUT2D eigenvalue weighted by atomic mass is 19.1. The minimum absolute atomic E-state index is 0.0411. The summed E-state index contributed by atoms with van der Waals surface area (Å²) in [5.74, 6) is -2.03. The standard InChI is InChI=1S/C11H15FN2O6/c1-2-19-11(18)6-9(12)13-4-14(6)10-8(17)7(16)5(3-15)20-10/h4-5,7-8,10,15-17H,2-3H2,1H3. The van der Waals surface area contributed by atoms with Gasteiger partial charge < -0.3 is 24.8 Å². The van der Waals surface area contributed by atoms with Gasteiger partial charge in [0.2, 0.25) is 5.95 Å². The number of halogens is 1. The number of imidazole rings is 1. The molecule has 0 aliphatic carbocycles. The van der Waals surface area contributed by atoms with Crippen LogP contribution in [-0.4, -0.2) is 62.4 Å². The highest BCUT2D eigenvalue weighted by Crippen LogP contribution is 2.30. The maximum absolute atomic E-state index is 13.6. The van der Waals surface area contributed by atoms with Crippen molar-refractivity contribution in [2.45, 2.75) is 31.5 Å². The van der Waals surface area contributed by atoms with Gasteiger partial charge in [-0.2, -0.15) is 4.39 Å². The van der Waals surface area contributed by atoms with Gasteiger partial charge in [-0.3, -0.25) is 4.57 Å². The first-order valence-corrected chi connectivity index (χ1v) is 6.03. The predicted octanol–water partition coefficient (Wildman–Crippen LogP) is -1.19. The van der Waals surface area contributed by atoms with Crippen LogP contribution in [0.25, 0.3) is 0 Å². The third-order valence-electron chi connectivity index (χ3n) is 3.01. The van der Waals surface area contributed by atoms with E-state index in [4.69, 9.17) is 14.6 Å². The molecule has 112 valence electrons. The molecule has 20 heavy (non-hydrogen) atoms. The summed E-state index contributed by atoms with van der Waals surface area (Å²) in [5.41, 5.74) is -0.512. The van der Waals surface area contributed by atoms with Crippen LogP contribution >= 0.6 is 0 Å². The normalized spacial score (nSPS) is 29.6. The first kappa shape index (κ1) is 14.9. The number of nitrogens with zero attached hydrogens (tertiary/aromatic N) is 2. The van der Waals surface area contributed by atoms with Crippen molar-refractivity contribution in [3.8, 4) is 0 Å². The molecule has 0 spiro atoms. The highest BCUT2D eigenvalue weighted by Gasteiger charge is 2.45. The Labute approximate surface area is 113 Å². The van der Waals surface area contributed by atoms with Crippen LogP contribution in [-0.2, 0) is 9.47 Å². The lowest BCUT2D eigenvalue weighted by Crippen LogP contribution is -2.33. The Bertz CT molecular complexity index is 493. The van der Waals surface area contributed by atoms with Crippen molar-refractivity contribution in [1.82, 2.24) is 9.55 Å². The smallest absolute Gasteiger partial charge is 0.359 e. The monoisotopic (exact) mass is 290 g/mol. The Kier molecular flexibility index (Phi) is 4.33. The van der Waals surface area contributed by atoms with Crippen LogP contribution in [0.2, 0.25) is 0 Å². The molecule has 0 saturated carbocycles. The van der Waals surface area contributed by atoms with E-state index in [-0.39, 0.29) is 6.61 Å². The lowest BCUT2D eigenvalue weighted by Gasteiger charge is -2.18. The zero-order valence-corrected chi connectivity index (χ0v) is 10.6. The Morgan fingerprint density at radius 1 is 1.55 bits per heavy atom. The van der Waals surface area contributed by atoms with E-state index in [1.807, 2.05) is 0 Å². The number of carbonyl (C=O) groups is 1. The molecule has 0 radical (unpaired) electrons. The molecule has 3 N–H and O–H groups in total. The van der Waals surface area contributed by atoms with Crippen LogP contribution in [0.1, 0.15) is 23.6 Å². The zero-order valence-electron chi connectivity index (χ0n) is 10.6. The van der Waals surface area contributed by atoms with E-state index in [1.54, 1.807) is 6.92 Å². The fourth-order valence-electron chi connectivity index (χ4n) is 2.03. The minimum Gasteiger partial charge on any atom is -0.461 e. The van der Waals surface area contributed by atoms with Crippen LogP contribution in [0.3, 0.4) is 0 Å². The SMILES string of the molecule is CCOC(=O)c1c(F)ncn1C1OC(CO)C(O)C1O. The lowest BCUT2D eigenvalue weighted by molar-refractivity contribution is -0.0543. The van der Waals surface area contributed by atoms with Gasteiger partial charge in [0, 0.05) is 0 Å². The molecule has 1 saturated heterocycles. The molecule has 0 aromatic carbocycles. The van der Waals surface area contributed by atoms with Gasteiger partial charge in [-0.1, -0.05) is 0 Å². The fraction of sp³-hybridized carbons (Fsp3) is 0.636. The third-order valence-corrected chi connectivity index (χ3v) is 3.01. The van der Waals surface area contributed by atoms with Crippen molar-refractivity contribution in [2.75, 3.05) is 13.2 Å². The molecule has 1 aliphatic heterocycles.